The van der Waals surface area contributed by atoms with Gasteiger partial charge in [-0.3, -0.25) is 4.79 Å². The molecular weight excluding hydrogens is 391 g/mol. The van der Waals surface area contributed by atoms with Crippen LogP contribution in [-0.4, -0.2) is 31.7 Å². The van der Waals surface area contributed by atoms with E-state index in [4.69, 9.17) is 4.52 Å². The summed E-state index contributed by atoms with van der Waals surface area (Å²) in [7, 11) is 0. The molecule has 10 heteroatoms. The second-order valence-corrected chi connectivity index (χ2v) is 5.81. The van der Waals surface area contributed by atoms with Crippen molar-refractivity contribution in [3.8, 4) is 17.1 Å². The Hall–Kier alpha value is -1.98. The largest absolute Gasteiger partial charge is 1.00 e. The Morgan fingerprint density at radius 2 is 1.96 bits per heavy atom. The third-order valence-corrected chi connectivity index (χ3v) is 3.90. The van der Waals surface area contributed by atoms with Crippen molar-refractivity contribution in [3.63, 3.8) is 0 Å². The summed E-state index contributed by atoms with van der Waals surface area (Å²) in [4.78, 5) is 27.5. The molecule has 0 fully saturated rings. The molecule has 0 atom stereocenters. The molecule has 0 aliphatic carbocycles. The second kappa shape index (κ2) is 9.98. The van der Waals surface area contributed by atoms with Crippen LogP contribution in [0.4, 0.5) is 5.69 Å². The first-order valence-corrected chi connectivity index (χ1v) is 8.29. The van der Waals surface area contributed by atoms with Gasteiger partial charge in [0, 0.05) is 42.9 Å². The minimum absolute atomic E-state index is 0. The van der Waals surface area contributed by atoms with Crippen molar-refractivity contribution in [2.24, 2.45) is 0 Å². The van der Waals surface area contributed by atoms with E-state index in [1.54, 1.807) is 22.9 Å². The topological polar surface area (TPSA) is 133 Å². The number of phenolic OH excluding ortho intramolecular Hbond substituents is 1. The van der Waals surface area contributed by atoms with Crippen LogP contribution in [0.2, 0.25) is 0 Å². The van der Waals surface area contributed by atoms with Gasteiger partial charge in [0.25, 0.3) is 0 Å². The normalized spacial score (nSPS) is 10.3. The number of nitrogens with one attached hydrogen (secondary N) is 1. The van der Waals surface area contributed by atoms with Crippen molar-refractivity contribution in [1.82, 2.24) is 14.7 Å². The quantitative estimate of drug-likeness (QED) is 0.441. The predicted octanol–water partition coefficient (Wildman–Crippen LogP) is -1.80. The van der Waals surface area contributed by atoms with E-state index in [-0.39, 0.29) is 93.0 Å². The summed E-state index contributed by atoms with van der Waals surface area (Å²) in [6, 6.07) is 6.32. The van der Waals surface area contributed by atoms with Gasteiger partial charge < -0.3 is 29.4 Å². The van der Waals surface area contributed by atoms with Gasteiger partial charge in [-0.2, -0.15) is 4.98 Å². The van der Waals surface area contributed by atoms with Crippen LogP contribution < -0.4 is 61.8 Å². The molecule has 2 N–H and O–H groups in total. The summed E-state index contributed by atoms with van der Waals surface area (Å²) in [5, 5.41) is 26.8. The Morgan fingerprint density at radius 3 is 2.61 bits per heavy atom. The van der Waals surface area contributed by atoms with E-state index in [1.165, 1.54) is 18.3 Å². The zero-order valence-corrected chi connectivity index (χ0v) is 18.6. The van der Waals surface area contributed by atoms with E-state index in [9.17, 15) is 19.8 Å². The van der Waals surface area contributed by atoms with Crippen molar-refractivity contribution in [3.05, 3.63) is 48.1 Å². The van der Waals surface area contributed by atoms with E-state index >= 15 is 0 Å². The molecule has 0 spiro atoms. The third kappa shape index (κ3) is 5.52. The summed E-state index contributed by atoms with van der Waals surface area (Å²) < 4.78 is 6.76. The molecule has 0 aliphatic rings. The van der Waals surface area contributed by atoms with Crippen molar-refractivity contribution >= 4 is 17.6 Å². The predicted molar refractivity (Wildman–Crippen MR) is 92.8 cm³/mol. The number of hydrogen-bond acceptors (Lipinski definition) is 7. The molecule has 2 heterocycles. The number of amides is 1. The van der Waals surface area contributed by atoms with Gasteiger partial charge in [-0.15, -0.1) is 0 Å². The molecule has 2 aromatic heterocycles. The van der Waals surface area contributed by atoms with Gasteiger partial charge in [-0.1, -0.05) is 5.16 Å². The minimum Gasteiger partial charge on any atom is -0.545 e. The van der Waals surface area contributed by atoms with Crippen LogP contribution in [-0.2, 0) is 17.8 Å². The van der Waals surface area contributed by atoms with Crippen molar-refractivity contribution in [2.75, 3.05) is 5.32 Å². The van der Waals surface area contributed by atoms with Gasteiger partial charge in [-0.05, 0) is 31.2 Å². The zero-order valence-electron chi connectivity index (χ0n) is 15.5. The third-order valence-electron chi connectivity index (χ3n) is 3.90. The van der Waals surface area contributed by atoms with Gasteiger partial charge in [0.1, 0.15) is 5.75 Å². The zero-order chi connectivity index (χ0) is 19.4. The minimum atomic E-state index is -1.35. The first-order valence-electron chi connectivity index (χ1n) is 8.29. The molecule has 0 unspecified atom stereocenters. The maximum atomic E-state index is 12.1. The van der Waals surface area contributed by atoms with Gasteiger partial charge >= 0.3 is 51.4 Å². The summed E-state index contributed by atoms with van der Waals surface area (Å²) in [5.41, 5.74) is 0.793. The number of phenols is 1. The number of rotatable bonds is 7. The summed E-state index contributed by atoms with van der Waals surface area (Å²) in [6.45, 7) is 2.42. The maximum Gasteiger partial charge on any atom is 1.00 e. The van der Waals surface area contributed by atoms with Crippen LogP contribution in [0.5, 0.6) is 5.75 Å². The van der Waals surface area contributed by atoms with Crippen LogP contribution in [0, 0.1) is 0 Å². The van der Waals surface area contributed by atoms with Crippen molar-refractivity contribution in [2.45, 2.75) is 26.3 Å². The number of nitrogens with zero attached hydrogens (tertiary/aromatic N) is 3. The molecule has 3 aromatic rings. The summed E-state index contributed by atoms with van der Waals surface area (Å²) in [6.07, 6.45) is 3.19. The van der Waals surface area contributed by atoms with Gasteiger partial charge in [0.15, 0.2) is 0 Å². The van der Waals surface area contributed by atoms with Crippen LogP contribution in [0.1, 0.15) is 29.6 Å². The smallest absolute Gasteiger partial charge is 0.545 e. The first kappa shape index (κ1) is 22.3. The number of carboxylic acid groups (broad SMARTS) is 1. The number of carboxylic acids is 1. The van der Waals surface area contributed by atoms with Gasteiger partial charge in [0.2, 0.25) is 17.6 Å². The molecule has 28 heavy (non-hydrogen) atoms. The molecule has 3 rings (SSSR count). The Bertz CT molecular complexity index is 965. The number of aryl methyl sites for hydroxylation is 2. The number of aromatic hydroxyl groups is 1. The number of carbonyl (C=O) groups excluding carboxylic acids is 2. The number of aromatic carboxylic acids is 1. The molecule has 0 aliphatic heterocycles. The average Bonchev–Trinajstić information content (AvgIpc) is 3.27. The fourth-order valence-corrected chi connectivity index (χ4v) is 2.47. The van der Waals surface area contributed by atoms with E-state index in [1.807, 2.05) is 6.92 Å². The van der Waals surface area contributed by atoms with E-state index < -0.39 is 5.97 Å². The van der Waals surface area contributed by atoms with Crippen LogP contribution in [0.15, 0.2) is 41.2 Å². The van der Waals surface area contributed by atoms with Crippen LogP contribution in [0.3, 0.4) is 0 Å². The average molecular weight is 408 g/mol. The molecule has 1 amide bonds. The number of hydrogen-bond donors (Lipinski definition) is 2. The number of benzene rings is 1. The van der Waals surface area contributed by atoms with Crippen LogP contribution >= 0.6 is 0 Å². The fraction of sp³-hybridized carbons (Fsp3) is 0.222. The monoisotopic (exact) mass is 408 g/mol. The van der Waals surface area contributed by atoms with Crippen LogP contribution in [0.25, 0.3) is 11.4 Å². The maximum absolute atomic E-state index is 12.1. The van der Waals surface area contributed by atoms with Gasteiger partial charge in [-0.25, -0.2) is 0 Å². The molecule has 140 valence electrons. The molecule has 9 nitrogen and oxygen atoms in total. The molecule has 0 bridgehead atoms. The summed E-state index contributed by atoms with van der Waals surface area (Å²) >= 11 is 0. The number of carbonyl (C=O) groups is 2. The SMILES string of the molecule is CCn1cc(NC(=O)CCc2nc(-c3ccc(O)cc3)no2)c(C(=O)[O-])c1.[K+]. The summed E-state index contributed by atoms with van der Waals surface area (Å²) in [5.74, 6) is -0.972. The fourth-order valence-electron chi connectivity index (χ4n) is 2.47. The van der Waals surface area contributed by atoms with E-state index in [2.05, 4.69) is 15.5 Å². The molecule has 0 saturated carbocycles. The first-order chi connectivity index (χ1) is 13.0. The Morgan fingerprint density at radius 1 is 1.25 bits per heavy atom. The van der Waals surface area contributed by atoms with E-state index in [0.29, 0.717) is 17.9 Å². The Balaban J connectivity index is 0.00000280. The standard InChI is InChI=1S/C18H18N4O5.K/c1-2-22-9-13(18(25)26)14(10-22)19-15(24)7-8-16-20-17(21-27-16)11-3-5-12(23)6-4-11;/h3-6,9-10,23H,2,7-8H2,1H3,(H,19,24)(H,25,26);/q;+1/p-1. The van der Waals surface area contributed by atoms with Crippen molar-refractivity contribution in [1.29, 1.82) is 0 Å². The Labute approximate surface area is 203 Å². The second-order valence-electron chi connectivity index (χ2n) is 5.81. The van der Waals surface area contributed by atoms with Gasteiger partial charge in [0.05, 0.1) is 11.7 Å². The Kier molecular flexibility index (Phi) is 7.95. The molecular formula is C18H17KN4O5. The van der Waals surface area contributed by atoms with Crippen molar-refractivity contribution < 1.29 is 75.7 Å². The molecule has 1 aromatic carbocycles. The molecule has 0 saturated heterocycles. The number of anilines is 1. The number of aromatic nitrogens is 3. The molecule has 0 radical (unpaired) electrons. The van der Waals surface area contributed by atoms with E-state index in [0.717, 1.165) is 0 Å².